The van der Waals surface area contributed by atoms with Gasteiger partial charge >= 0.3 is 6.03 Å². The number of piperidine rings is 1. The van der Waals surface area contributed by atoms with Gasteiger partial charge in [0, 0.05) is 25.9 Å². The van der Waals surface area contributed by atoms with E-state index in [1.165, 1.54) is 0 Å². The van der Waals surface area contributed by atoms with Crippen molar-refractivity contribution >= 4 is 11.7 Å². The smallest absolute Gasteiger partial charge is 0.317 e. The Bertz CT molecular complexity index is 692. The molecule has 1 aliphatic heterocycles. The zero-order valence-electron chi connectivity index (χ0n) is 15.0. The van der Waals surface area contributed by atoms with E-state index < -0.39 is 0 Å². The molecular weight excluding hydrogens is 318 g/mol. The van der Waals surface area contributed by atoms with E-state index >= 15 is 0 Å². The second-order valence-corrected chi connectivity index (χ2v) is 6.94. The van der Waals surface area contributed by atoms with Gasteiger partial charge in [-0.2, -0.15) is 0 Å². The van der Waals surface area contributed by atoms with Gasteiger partial charge in [0.15, 0.2) is 11.5 Å². The van der Waals surface area contributed by atoms with Crippen LogP contribution in [0.2, 0.25) is 0 Å². The molecule has 1 saturated heterocycles. The van der Waals surface area contributed by atoms with E-state index in [1.54, 1.807) is 0 Å². The van der Waals surface area contributed by atoms with E-state index in [4.69, 9.17) is 4.74 Å². The second kappa shape index (κ2) is 8.29. The number of ether oxygens (including phenoxy) is 1. The average Bonchev–Trinajstić information content (AvgIpc) is 3.03. The Morgan fingerprint density at radius 1 is 1.32 bits per heavy atom. The first kappa shape index (κ1) is 17.7. The fourth-order valence-corrected chi connectivity index (χ4v) is 2.97. The van der Waals surface area contributed by atoms with Gasteiger partial charge in [-0.3, -0.25) is 4.40 Å². The van der Waals surface area contributed by atoms with Gasteiger partial charge in [0.25, 0.3) is 0 Å². The first-order chi connectivity index (χ1) is 12.1. The third-order valence-corrected chi connectivity index (χ3v) is 4.56. The molecule has 1 fully saturated rings. The maximum atomic E-state index is 12.4. The number of nitrogens with one attached hydrogen (secondary N) is 1. The lowest BCUT2D eigenvalue weighted by Crippen LogP contribution is -2.45. The van der Waals surface area contributed by atoms with Crippen LogP contribution in [0.4, 0.5) is 4.79 Å². The molecule has 0 aromatic carbocycles. The predicted molar refractivity (Wildman–Crippen MR) is 95.2 cm³/mol. The Morgan fingerprint density at radius 2 is 2.12 bits per heavy atom. The number of amides is 2. The molecule has 7 heteroatoms. The van der Waals surface area contributed by atoms with E-state index in [2.05, 4.69) is 29.4 Å². The minimum atomic E-state index is -0.0479. The fourth-order valence-electron chi connectivity index (χ4n) is 2.97. The molecule has 136 valence electrons. The molecule has 1 N–H and O–H groups in total. The lowest BCUT2D eigenvalue weighted by molar-refractivity contribution is 0.0102. The van der Waals surface area contributed by atoms with Gasteiger partial charge in [0.05, 0.1) is 12.6 Å². The summed E-state index contributed by atoms with van der Waals surface area (Å²) >= 11 is 0. The Hall–Kier alpha value is -2.15. The summed E-state index contributed by atoms with van der Waals surface area (Å²) in [6, 6.07) is 5.68. The zero-order chi connectivity index (χ0) is 17.6. The molecule has 0 saturated carbocycles. The predicted octanol–water partition coefficient (Wildman–Crippen LogP) is 2.47. The molecule has 7 nitrogen and oxygen atoms in total. The molecule has 2 amide bonds. The summed E-state index contributed by atoms with van der Waals surface area (Å²) in [7, 11) is 0. The van der Waals surface area contributed by atoms with Gasteiger partial charge in [0.2, 0.25) is 0 Å². The normalized spacial score (nSPS) is 15.9. The minimum absolute atomic E-state index is 0.0479. The second-order valence-electron chi connectivity index (χ2n) is 6.94. The first-order valence-electron chi connectivity index (χ1n) is 9.06. The third-order valence-electron chi connectivity index (χ3n) is 4.56. The van der Waals surface area contributed by atoms with Crippen LogP contribution in [0.3, 0.4) is 0 Å². The van der Waals surface area contributed by atoms with Gasteiger partial charge in [-0.05, 0) is 37.3 Å². The molecule has 25 heavy (non-hydrogen) atoms. The summed E-state index contributed by atoms with van der Waals surface area (Å²) in [5.74, 6) is 1.40. The van der Waals surface area contributed by atoms with Crippen molar-refractivity contribution in [2.45, 2.75) is 45.8 Å². The van der Waals surface area contributed by atoms with Crippen molar-refractivity contribution in [3.63, 3.8) is 0 Å². The van der Waals surface area contributed by atoms with Gasteiger partial charge in [0.1, 0.15) is 0 Å². The lowest BCUT2D eigenvalue weighted by Gasteiger charge is -2.32. The number of rotatable bonds is 6. The van der Waals surface area contributed by atoms with Crippen LogP contribution in [0, 0.1) is 5.92 Å². The molecule has 3 heterocycles. The van der Waals surface area contributed by atoms with Crippen molar-refractivity contribution in [3.8, 4) is 0 Å². The van der Waals surface area contributed by atoms with Crippen LogP contribution in [-0.4, -0.2) is 51.3 Å². The van der Waals surface area contributed by atoms with Gasteiger partial charge < -0.3 is 15.0 Å². The molecule has 2 aromatic heterocycles. The Morgan fingerprint density at radius 3 is 2.88 bits per heavy atom. The van der Waals surface area contributed by atoms with Crippen LogP contribution in [-0.2, 0) is 11.3 Å². The van der Waals surface area contributed by atoms with Crippen molar-refractivity contribution in [3.05, 3.63) is 30.2 Å². The van der Waals surface area contributed by atoms with E-state index in [-0.39, 0.29) is 12.1 Å². The van der Waals surface area contributed by atoms with Gasteiger partial charge in [-0.1, -0.05) is 19.9 Å². The van der Waals surface area contributed by atoms with Crippen LogP contribution in [0.1, 0.15) is 38.9 Å². The highest BCUT2D eigenvalue weighted by atomic mass is 16.5. The van der Waals surface area contributed by atoms with E-state index in [0.717, 1.165) is 50.4 Å². The third kappa shape index (κ3) is 4.69. The number of carbonyl (C=O) groups excluding carboxylic acids is 1. The molecule has 0 spiro atoms. The molecule has 2 aromatic rings. The quantitative estimate of drug-likeness (QED) is 0.873. The van der Waals surface area contributed by atoms with Crippen LogP contribution in [0.15, 0.2) is 24.4 Å². The number of hydrogen-bond donors (Lipinski definition) is 1. The van der Waals surface area contributed by atoms with Crippen LogP contribution in [0.25, 0.3) is 5.65 Å². The Labute approximate surface area is 148 Å². The summed E-state index contributed by atoms with van der Waals surface area (Å²) in [5.41, 5.74) is 0.783. The van der Waals surface area contributed by atoms with E-state index in [0.29, 0.717) is 12.5 Å². The van der Waals surface area contributed by atoms with Gasteiger partial charge in [-0.15, -0.1) is 10.2 Å². The number of urea groups is 1. The van der Waals surface area contributed by atoms with Crippen molar-refractivity contribution in [2.75, 3.05) is 19.7 Å². The molecular formula is C18H27N5O2. The molecule has 0 bridgehead atoms. The highest BCUT2D eigenvalue weighted by Gasteiger charge is 2.23. The maximum absolute atomic E-state index is 12.4. The lowest BCUT2D eigenvalue weighted by atomic mass is 10.1. The highest BCUT2D eigenvalue weighted by Crippen LogP contribution is 2.15. The fraction of sp³-hybridized carbons (Fsp3) is 0.611. The van der Waals surface area contributed by atoms with E-state index in [9.17, 15) is 4.79 Å². The first-order valence-corrected chi connectivity index (χ1v) is 9.06. The van der Waals surface area contributed by atoms with E-state index in [1.807, 2.05) is 33.7 Å². The molecule has 1 aliphatic rings. The van der Waals surface area contributed by atoms with Crippen molar-refractivity contribution < 1.29 is 9.53 Å². The van der Waals surface area contributed by atoms with Gasteiger partial charge in [-0.25, -0.2) is 4.79 Å². The average molecular weight is 345 g/mol. The Kier molecular flexibility index (Phi) is 5.86. The largest absolute Gasteiger partial charge is 0.378 e. The summed E-state index contributed by atoms with van der Waals surface area (Å²) < 4.78 is 7.79. The maximum Gasteiger partial charge on any atom is 0.317 e. The molecule has 3 rings (SSSR count). The number of hydrogen-bond acceptors (Lipinski definition) is 4. The Balaban J connectivity index is 1.42. The summed E-state index contributed by atoms with van der Waals surface area (Å²) in [6.45, 7) is 7.06. The summed E-state index contributed by atoms with van der Waals surface area (Å²) in [5, 5.41) is 11.2. The summed E-state index contributed by atoms with van der Waals surface area (Å²) in [6.07, 6.45) is 5.07. The van der Waals surface area contributed by atoms with Crippen molar-refractivity contribution in [1.29, 1.82) is 0 Å². The van der Waals surface area contributed by atoms with Crippen LogP contribution >= 0.6 is 0 Å². The zero-order valence-corrected chi connectivity index (χ0v) is 15.0. The molecule has 0 atom stereocenters. The topological polar surface area (TPSA) is 71.8 Å². The highest BCUT2D eigenvalue weighted by molar-refractivity contribution is 5.74. The summed E-state index contributed by atoms with van der Waals surface area (Å²) in [4.78, 5) is 14.2. The van der Waals surface area contributed by atoms with Crippen molar-refractivity contribution in [1.82, 2.24) is 24.8 Å². The van der Waals surface area contributed by atoms with Crippen molar-refractivity contribution in [2.24, 2.45) is 5.92 Å². The number of nitrogens with zero attached hydrogens (tertiary/aromatic N) is 4. The number of likely N-dealkylation sites (tertiary alicyclic amines) is 1. The van der Waals surface area contributed by atoms with Crippen LogP contribution < -0.4 is 5.32 Å². The standard InChI is InChI=1S/C18H27N5O2/c1-14(2)8-12-25-15-6-10-22(11-7-15)18(24)19-13-17-21-20-16-5-3-4-9-23(16)17/h3-5,9,14-15H,6-8,10-13H2,1-2H3,(H,19,24). The monoisotopic (exact) mass is 345 g/mol. The molecule has 0 radical (unpaired) electrons. The minimum Gasteiger partial charge on any atom is -0.378 e. The molecule has 0 unspecified atom stereocenters. The number of carbonyl (C=O) groups is 1. The van der Waals surface area contributed by atoms with Crippen LogP contribution in [0.5, 0.6) is 0 Å². The number of aromatic nitrogens is 3. The SMILES string of the molecule is CC(C)CCOC1CCN(C(=O)NCc2nnc3ccccn23)CC1. The molecule has 0 aliphatic carbocycles. The number of fused-ring (bicyclic) bond motifs is 1. The number of pyridine rings is 1.